The molecule has 0 spiro atoms. The first kappa shape index (κ1) is 13.2. The molecule has 0 unspecified atom stereocenters. The van der Waals surface area contributed by atoms with Crippen molar-refractivity contribution in [3.63, 3.8) is 0 Å². The van der Waals surface area contributed by atoms with Crippen molar-refractivity contribution in [3.05, 3.63) is 35.5 Å². The van der Waals surface area contributed by atoms with Crippen LogP contribution in [0.2, 0.25) is 0 Å². The number of rotatable bonds is 4. The summed E-state index contributed by atoms with van der Waals surface area (Å²) in [5.74, 6) is 2.54. The molecule has 5 rings (SSSR count). The zero-order valence-electron chi connectivity index (χ0n) is 13.1. The minimum Gasteiger partial charge on any atom is -0.348 e. The molecule has 3 aliphatic carbocycles. The van der Waals surface area contributed by atoms with E-state index >= 15 is 0 Å². The lowest BCUT2D eigenvalue weighted by atomic mass is 10.1. The van der Waals surface area contributed by atoms with E-state index in [4.69, 9.17) is 0 Å². The van der Waals surface area contributed by atoms with Crippen molar-refractivity contribution in [2.45, 2.75) is 44.6 Å². The van der Waals surface area contributed by atoms with Crippen LogP contribution in [0.25, 0.3) is 5.82 Å². The standard InChI is InChI=1S/C17H19N5O/c1-9(10-2-3-10)20-17(23)15-13-7-11-6-12(11)16(13)22(21-15)14-8-18-4-5-19-14/h4-5,8-12H,2-3,6-7H2,1H3,(H,20,23)/t9-,11-,12-/m1/s1. The van der Waals surface area contributed by atoms with Crippen molar-refractivity contribution >= 4 is 5.91 Å². The van der Waals surface area contributed by atoms with Gasteiger partial charge in [-0.3, -0.25) is 9.78 Å². The molecule has 6 nitrogen and oxygen atoms in total. The highest BCUT2D eigenvalue weighted by Gasteiger charge is 2.50. The van der Waals surface area contributed by atoms with Crippen molar-refractivity contribution in [3.8, 4) is 5.82 Å². The van der Waals surface area contributed by atoms with Crippen LogP contribution in [0, 0.1) is 11.8 Å². The molecule has 23 heavy (non-hydrogen) atoms. The van der Waals surface area contributed by atoms with E-state index in [0.29, 0.717) is 29.3 Å². The van der Waals surface area contributed by atoms with Crippen LogP contribution < -0.4 is 5.32 Å². The third-order valence-corrected chi connectivity index (χ3v) is 5.43. The van der Waals surface area contributed by atoms with Gasteiger partial charge in [0.25, 0.3) is 5.91 Å². The van der Waals surface area contributed by atoms with Gasteiger partial charge in [-0.05, 0) is 44.4 Å². The molecule has 118 valence electrons. The number of carbonyl (C=O) groups excluding carboxylic acids is 1. The van der Waals surface area contributed by atoms with Gasteiger partial charge in [-0.25, -0.2) is 9.67 Å². The summed E-state index contributed by atoms with van der Waals surface area (Å²) in [5, 5.41) is 7.75. The SMILES string of the molecule is C[C@@H](NC(=O)c1nn(-c2cnccn2)c2c1C[C@H]1C[C@@H]21)C1CC1. The number of amides is 1. The van der Waals surface area contributed by atoms with Crippen LogP contribution in [0.3, 0.4) is 0 Å². The van der Waals surface area contributed by atoms with Crippen LogP contribution in [0.15, 0.2) is 18.6 Å². The Morgan fingerprint density at radius 3 is 3.00 bits per heavy atom. The van der Waals surface area contributed by atoms with Crippen molar-refractivity contribution in [2.24, 2.45) is 11.8 Å². The number of nitrogens with zero attached hydrogens (tertiary/aromatic N) is 4. The maximum absolute atomic E-state index is 12.7. The smallest absolute Gasteiger partial charge is 0.272 e. The molecule has 0 saturated heterocycles. The molecule has 2 aromatic heterocycles. The fraction of sp³-hybridized carbons (Fsp3) is 0.529. The zero-order chi connectivity index (χ0) is 15.6. The van der Waals surface area contributed by atoms with E-state index < -0.39 is 0 Å². The third-order valence-electron chi connectivity index (χ3n) is 5.43. The van der Waals surface area contributed by atoms with E-state index in [1.165, 1.54) is 25.0 Å². The number of carbonyl (C=O) groups is 1. The van der Waals surface area contributed by atoms with Crippen LogP contribution in [0.4, 0.5) is 0 Å². The van der Waals surface area contributed by atoms with Gasteiger partial charge in [-0.15, -0.1) is 0 Å². The maximum Gasteiger partial charge on any atom is 0.272 e. The Morgan fingerprint density at radius 1 is 1.39 bits per heavy atom. The number of aromatic nitrogens is 4. The molecule has 0 aliphatic heterocycles. The van der Waals surface area contributed by atoms with Gasteiger partial charge in [-0.2, -0.15) is 5.10 Å². The second-order valence-electron chi connectivity index (χ2n) is 7.09. The summed E-state index contributed by atoms with van der Waals surface area (Å²) in [6.45, 7) is 2.09. The Balaban J connectivity index is 1.52. The molecule has 0 aromatic carbocycles. The van der Waals surface area contributed by atoms with Gasteiger partial charge in [0, 0.05) is 29.9 Å². The van der Waals surface area contributed by atoms with Crippen molar-refractivity contribution in [1.82, 2.24) is 25.1 Å². The van der Waals surface area contributed by atoms with Crippen LogP contribution in [-0.2, 0) is 6.42 Å². The van der Waals surface area contributed by atoms with E-state index in [-0.39, 0.29) is 11.9 Å². The summed E-state index contributed by atoms with van der Waals surface area (Å²) in [7, 11) is 0. The van der Waals surface area contributed by atoms with Crippen molar-refractivity contribution < 1.29 is 4.79 Å². The molecule has 1 N–H and O–H groups in total. The Labute approximate surface area is 134 Å². The van der Waals surface area contributed by atoms with Crippen LogP contribution >= 0.6 is 0 Å². The largest absolute Gasteiger partial charge is 0.348 e. The van der Waals surface area contributed by atoms with E-state index in [1.54, 1.807) is 18.6 Å². The Morgan fingerprint density at radius 2 is 2.26 bits per heavy atom. The average molecular weight is 309 g/mol. The van der Waals surface area contributed by atoms with E-state index in [9.17, 15) is 4.79 Å². The molecule has 2 saturated carbocycles. The topological polar surface area (TPSA) is 72.7 Å². The number of hydrogen-bond donors (Lipinski definition) is 1. The molecule has 2 fully saturated rings. The van der Waals surface area contributed by atoms with Crippen molar-refractivity contribution in [2.75, 3.05) is 0 Å². The predicted octanol–water partition coefficient (Wildman–Crippen LogP) is 1.85. The highest BCUT2D eigenvalue weighted by molar-refractivity contribution is 5.94. The first-order valence-electron chi connectivity index (χ1n) is 8.41. The lowest BCUT2D eigenvalue weighted by molar-refractivity contribution is 0.0929. The Hall–Kier alpha value is -2.24. The number of hydrogen-bond acceptors (Lipinski definition) is 4. The lowest BCUT2D eigenvalue weighted by Crippen LogP contribution is -2.34. The Bertz CT molecular complexity index is 780. The van der Waals surface area contributed by atoms with Crippen molar-refractivity contribution in [1.29, 1.82) is 0 Å². The summed E-state index contributed by atoms with van der Waals surface area (Å²) >= 11 is 0. The van der Waals surface area contributed by atoms with E-state index in [1.807, 2.05) is 4.68 Å². The van der Waals surface area contributed by atoms with Gasteiger partial charge in [-0.1, -0.05) is 0 Å². The Kier molecular flexibility index (Phi) is 2.66. The number of nitrogens with one attached hydrogen (secondary N) is 1. The highest BCUT2D eigenvalue weighted by Crippen LogP contribution is 2.57. The molecular weight excluding hydrogens is 290 g/mol. The molecular formula is C17H19N5O. The summed E-state index contributed by atoms with van der Waals surface area (Å²) in [6, 6.07) is 0.232. The highest BCUT2D eigenvalue weighted by atomic mass is 16.2. The first-order chi connectivity index (χ1) is 11.2. The molecule has 3 aliphatic rings. The second-order valence-corrected chi connectivity index (χ2v) is 7.09. The van der Waals surface area contributed by atoms with Gasteiger partial charge in [0.1, 0.15) is 0 Å². The quantitative estimate of drug-likeness (QED) is 0.935. The molecule has 0 bridgehead atoms. The normalized spacial score (nSPS) is 25.6. The minimum atomic E-state index is -0.0374. The van der Waals surface area contributed by atoms with E-state index in [2.05, 4.69) is 27.3 Å². The van der Waals surface area contributed by atoms with Crippen LogP contribution in [-0.4, -0.2) is 31.7 Å². The summed E-state index contributed by atoms with van der Waals surface area (Å²) in [5.41, 5.74) is 2.89. The molecule has 1 amide bonds. The number of fused-ring (bicyclic) bond motifs is 3. The van der Waals surface area contributed by atoms with E-state index in [0.717, 1.165) is 12.0 Å². The molecule has 2 aromatic rings. The first-order valence-corrected chi connectivity index (χ1v) is 8.41. The molecule has 6 heteroatoms. The molecule has 3 atom stereocenters. The summed E-state index contributed by atoms with van der Waals surface area (Å²) < 4.78 is 1.84. The summed E-state index contributed by atoms with van der Waals surface area (Å²) in [6.07, 6.45) is 9.64. The average Bonchev–Trinajstić information content (AvgIpc) is 3.47. The van der Waals surface area contributed by atoms with Gasteiger partial charge in [0.15, 0.2) is 11.5 Å². The predicted molar refractivity (Wildman–Crippen MR) is 83.4 cm³/mol. The fourth-order valence-electron chi connectivity index (χ4n) is 3.86. The molecule has 0 radical (unpaired) electrons. The minimum absolute atomic E-state index is 0.0374. The van der Waals surface area contributed by atoms with Gasteiger partial charge < -0.3 is 5.32 Å². The second kappa shape index (κ2) is 4.63. The lowest BCUT2D eigenvalue weighted by Gasteiger charge is -2.12. The van der Waals surface area contributed by atoms with Crippen LogP contribution in [0.5, 0.6) is 0 Å². The maximum atomic E-state index is 12.7. The van der Waals surface area contributed by atoms with Gasteiger partial charge >= 0.3 is 0 Å². The fourth-order valence-corrected chi connectivity index (χ4v) is 3.86. The monoisotopic (exact) mass is 309 g/mol. The third kappa shape index (κ3) is 2.08. The van der Waals surface area contributed by atoms with Gasteiger partial charge in [0.2, 0.25) is 0 Å². The molecule has 2 heterocycles. The summed E-state index contributed by atoms with van der Waals surface area (Å²) in [4.78, 5) is 21.2. The van der Waals surface area contributed by atoms with Crippen LogP contribution in [0.1, 0.15) is 53.8 Å². The zero-order valence-corrected chi connectivity index (χ0v) is 13.1. The van der Waals surface area contributed by atoms with Gasteiger partial charge in [0.05, 0.1) is 11.9 Å².